The number of aliphatic carboxylic acids is 1. The summed E-state index contributed by atoms with van der Waals surface area (Å²) in [5.74, 6) is -1.62. The number of carboxylic acid groups (broad SMARTS) is 1. The van der Waals surface area contributed by atoms with Crippen LogP contribution in [0.3, 0.4) is 0 Å². The maximum absolute atomic E-state index is 11.6. The van der Waals surface area contributed by atoms with Gasteiger partial charge in [0.25, 0.3) is 0 Å². The van der Waals surface area contributed by atoms with Gasteiger partial charge in [-0.3, -0.25) is 10.1 Å². The lowest BCUT2D eigenvalue weighted by atomic mass is 10.1. The lowest BCUT2D eigenvalue weighted by molar-refractivity contribution is -0.141. The van der Waals surface area contributed by atoms with E-state index in [0.717, 1.165) is 5.56 Å². The van der Waals surface area contributed by atoms with Gasteiger partial charge in [0.05, 0.1) is 6.54 Å². The van der Waals surface area contributed by atoms with E-state index >= 15 is 0 Å². The maximum Gasteiger partial charge on any atom is 0.326 e. The first-order chi connectivity index (χ1) is 9.52. The zero-order valence-electron chi connectivity index (χ0n) is 11.0. The summed E-state index contributed by atoms with van der Waals surface area (Å²) in [5, 5.41) is 23.1. The van der Waals surface area contributed by atoms with Gasteiger partial charge >= 0.3 is 5.97 Å². The number of carbonyl (C=O) groups excluding carboxylic acids is 1. The van der Waals surface area contributed by atoms with Crippen LogP contribution in [0.4, 0.5) is 0 Å². The molecule has 20 heavy (non-hydrogen) atoms. The van der Waals surface area contributed by atoms with Crippen molar-refractivity contribution in [3.63, 3.8) is 0 Å². The van der Waals surface area contributed by atoms with Gasteiger partial charge in [0.1, 0.15) is 12.3 Å². The summed E-state index contributed by atoms with van der Waals surface area (Å²) >= 11 is 0. The first-order valence-corrected chi connectivity index (χ1v) is 6.20. The molecule has 1 amide bonds. The van der Waals surface area contributed by atoms with Crippen LogP contribution < -0.4 is 16.4 Å². The maximum atomic E-state index is 11.6. The van der Waals surface area contributed by atoms with Crippen LogP contribution in [0.2, 0.25) is 0 Å². The Labute approximate surface area is 116 Å². The summed E-state index contributed by atoms with van der Waals surface area (Å²) in [6.07, 6.45) is -0.792. The van der Waals surface area contributed by atoms with Gasteiger partial charge < -0.3 is 21.3 Å². The highest BCUT2D eigenvalue weighted by Gasteiger charge is 2.20. The normalized spacial score (nSPS) is 13.5. The predicted molar refractivity (Wildman–Crippen MR) is 72.8 cm³/mol. The van der Waals surface area contributed by atoms with Crippen LogP contribution in [0.1, 0.15) is 5.56 Å². The molecular formula is C13H19N3O4. The predicted octanol–water partition coefficient (Wildman–Crippen LogP) is -1.33. The fourth-order valence-electron chi connectivity index (χ4n) is 1.59. The van der Waals surface area contributed by atoms with Crippen molar-refractivity contribution in [3.8, 4) is 0 Å². The third-order valence-electron chi connectivity index (χ3n) is 2.64. The smallest absolute Gasteiger partial charge is 0.326 e. The van der Waals surface area contributed by atoms with Gasteiger partial charge in [-0.1, -0.05) is 30.3 Å². The third-order valence-corrected chi connectivity index (χ3v) is 2.64. The highest BCUT2D eigenvalue weighted by atomic mass is 16.4. The van der Waals surface area contributed by atoms with Gasteiger partial charge in [-0.15, -0.1) is 0 Å². The molecule has 1 unspecified atom stereocenters. The molecule has 1 rings (SSSR count). The monoisotopic (exact) mass is 281 g/mol. The molecule has 0 heterocycles. The average Bonchev–Trinajstić information content (AvgIpc) is 2.45. The number of nitrogens with one attached hydrogen (secondary N) is 2. The number of amides is 1. The van der Waals surface area contributed by atoms with Crippen molar-refractivity contribution >= 4 is 11.9 Å². The highest BCUT2D eigenvalue weighted by molar-refractivity contribution is 5.84. The molecule has 110 valence electrons. The minimum atomic E-state index is -1.11. The van der Waals surface area contributed by atoms with Crippen molar-refractivity contribution in [1.82, 2.24) is 10.6 Å². The Morgan fingerprint density at radius 3 is 2.45 bits per heavy atom. The van der Waals surface area contributed by atoms with Crippen LogP contribution in [0.25, 0.3) is 0 Å². The molecule has 0 aromatic heterocycles. The summed E-state index contributed by atoms with van der Waals surface area (Å²) in [7, 11) is 0. The van der Waals surface area contributed by atoms with E-state index < -0.39 is 24.1 Å². The number of aliphatic hydroxyl groups is 1. The number of nitrogens with two attached hydrogens (primary N) is 1. The minimum absolute atomic E-state index is 0.0281. The second-order valence-corrected chi connectivity index (χ2v) is 4.28. The molecule has 0 saturated carbocycles. The fourth-order valence-corrected chi connectivity index (χ4v) is 1.59. The Morgan fingerprint density at radius 2 is 1.90 bits per heavy atom. The molecule has 6 N–H and O–H groups in total. The molecular weight excluding hydrogens is 262 g/mol. The Kier molecular flexibility index (Phi) is 6.65. The van der Waals surface area contributed by atoms with Crippen molar-refractivity contribution < 1.29 is 19.8 Å². The Hall–Kier alpha value is -1.96. The van der Waals surface area contributed by atoms with Crippen LogP contribution >= 0.6 is 0 Å². The van der Waals surface area contributed by atoms with E-state index in [9.17, 15) is 9.59 Å². The van der Waals surface area contributed by atoms with Gasteiger partial charge in [0.15, 0.2) is 0 Å². The van der Waals surface area contributed by atoms with E-state index in [1.165, 1.54) is 0 Å². The van der Waals surface area contributed by atoms with Crippen molar-refractivity contribution in [2.75, 3.05) is 13.1 Å². The van der Waals surface area contributed by atoms with Gasteiger partial charge in [-0.2, -0.15) is 0 Å². The molecule has 7 nitrogen and oxygen atoms in total. The van der Waals surface area contributed by atoms with E-state index in [2.05, 4.69) is 10.6 Å². The van der Waals surface area contributed by atoms with E-state index in [0.29, 0.717) is 0 Å². The number of rotatable bonds is 8. The highest BCUT2D eigenvalue weighted by Crippen LogP contribution is 2.03. The second kappa shape index (κ2) is 8.26. The molecule has 0 aliphatic carbocycles. The standard InChI is InChI=1S/C13H19N3O4/c14-7-11(17)15-8-12(18)16-10(13(19)20)6-9-4-2-1-3-5-9/h1-5,10-11,15,17H,6-8,14H2,(H,16,18)(H,19,20)/t10-,11?/m0/s1. The number of hydrogen-bond acceptors (Lipinski definition) is 5. The summed E-state index contributed by atoms with van der Waals surface area (Å²) in [6, 6.07) is 8.00. The summed E-state index contributed by atoms with van der Waals surface area (Å²) in [6.45, 7) is -0.226. The zero-order chi connectivity index (χ0) is 15.0. The molecule has 0 fully saturated rings. The molecule has 2 atom stereocenters. The molecule has 0 bridgehead atoms. The van der Waals surface area contributed by atoms with Crippen molar-refractivity contribution in [2.24, 2.45) is 5.73 Å². The van der Waals surface area contributed by atoms with Crippen LogP contribution in [-0.2, 0) is 16.0 Å². The Balaban J connectivity index is 2.51. The molecule has 0 spiro atoms. The first-order valence-electron chi connectivity index (χ1n) is 6.20. The van der Waals surface area contributed by atoms with Crippen LogP contribution in [0.5, 0.6) is 0 Å². The van der Waals surface area contributed by atoms with Crippen LogP contribution in [0.15, 0.2) is 30.3 Å². The topological polar surface area (TPSA) is 125 Å². The Bertz CT molecular complexity index is 439. The van der Waals surface area contributed by atoms with Crippen molar-refractivity contribution in [1.29, 1.82) is 0 Å². The van der Waals surface area contributed by atoms with Crippen molar-refractivity contribution in [2.45, 2.75) is 18.7 Å². The van der Waals surface area contributed by atoms with E-state index in [-0.39, 0.29) is 19.5 Å². The number of carbonyl (C=O) groups is 2. The lowest BCUT2D eigenvalue weighted by Gasteiger charge is -2.16. The van der Waals surface area contributed by atoms with Gasteiger partial charge in [0.2, 0.25) is 5.91 Å². The van der Waals surface area contributed by atoms with Gasteiger partial charge in [-0.25, -0.2) is 4.79 Å². The SMILES string of the molecule is NCC(O)NCC(=O)N[C@@H](Cc1ccccc1)C(=O)O. The zero-order valence-corrected chi connectivity index (χ0v) is 11.0. The van der Waals surface area contributed by atoms with E-state index in [1.807, 2.05) is 6.07 Å². The molecule has 1 aromatic rings. The van der Waals surface area contributed by atoms with Crippen molar-refractivity contribution in [3.05, 3.63) is 35.9 Å². The van der Waals surface area contributed by atoms with Crippen LogP contribution in [-0.4, -0.2) is 47.4 Å². The average molecular weight is 281 g/mol. The van der Waals surface area contributed by atoms with E-state index in [4.69, 9.17) is 15.9 Å². The molecule has 0 radical (unpaired) electrons. The largest absolute Gasteiger partial charge is 0.480 e. The van der Waals surface area contributed by atoms with Gasteiger partial charge in [-0.05, 0) is 5.56 Å². The minimum Gasteiger partial charge on any atom is -0.480 e. The quantitative estimate of drug-likeness (QED) is 0.376. The molecule has 7 heteroatoms. The number of hydrogen-bond donors (Lipinski definition) is 5. The molecule has 0 aliphatic rings. The van der Waals surface area contributed by atoms with E-state index in [1.54, 1.807) is 24.3 Å². The summed E-state index contributed by atoms with van der Waals surface area (Å²) in [4.78, 5) is 22.7. The molecule has 0 saturated heterocycles. The summed E-state index contributed by atoms with van der Waals surface area (Å²) in [5.41, 5.74) is 5.99. The number of carboxylic acids is 1. The van der Waals surface area contributed by atoms with Gasteiger partial charge in [0, 0.05) is 13.0 Å². The molecule has 0 aliphatic heterocycles. The third kappa shape index (κ3) is 5.79. The van der Waals surface area contributed by atoms with Crippen LogP contribution in [0, 0.1) is 0 Å². The number of benzene rings is 1. The molecule has 1 aromatic carbocycles. The lowest BCUT2D eigenvalue weighted by Crippen LogP contribution is -2.48. The number of aliphatic hydroxyl groups excluding tert-OH is 1. The first kappa shape index (κ1) is 16.1. The summed E-state index contributed by atoms with van der Waals surface area (Å²) < 4.78 is 0. The Morgan fingerprint density at radius 1 is 1.25 bits per heavy atom. The fraction of sp³-hybridized carbons (Fsp3) is 0.385. The second-order valence-electron chi connectivity index (χ2n) is 4.28.